The van der Waals surface area contributed by atoms with Crippen LogP contribution in [0.4, 0.5) is 8.78 Å². The van der Waals surface area contributed by atoms with Crippen LogP contribution >= 0.6 is 0 Å². The lowest BCUT2D eigenvalue weighted by molar-refractivity contribution is 0.0828. The number of carbonyl (C=O) groups is 2. The van der Waals surface area contributed by atoms with Crippen molar-refractivity contribution in [1.82, 2.24) is 10.9 Å². The van der Waals surface area contributed by atoms with E-state index in [0.29, 0.717) is 6.07 Å². The van der Waals surface area contributed by atoms with E-state index in [2.05, 4.69) is 0 Å². The minimum atomic E-state index is -1.02. The number of benzene rings is 1. The van der Waals surface area contributed by atoms with Crippen LogP contribution in [0.2, 0.25) is 0 Å². The van der Waals surface area contributed by atoms with Crippen molar-refractivity contribution < 1.29 is 22.8 Å². The summed E-state index contributed by atoms with van der Waals surface area (Å²) in [5.41, 5.74) is 3.63. The fourth-order valence-corrected chi connectivity index (χ4v) is 1.32. The Morgan fingerprint density at radius 1 is 1.05 bits per heavy atom. The first kappa shape index (κ1) is 12.7. The second-order valence-corrected chi connectivity index (χ2v) is 3.51. The third-order valence-corrected chi connectivity index (χ3v) is 2.21. The summed E-state index contributed by atoms with van der Waals surface area (Å²) in [5, 5.41) is 0. The van der Waals surface area contributed by atoms with Crippen molar-refractivity contribution in [3.05, 3.63) is 59.6 Å². The average Bonchev–Trinajstić information content (AvgIpc) is 2.89. The van der Waals surface area contributed by atoms with Gasteiger partial charge in [0.2, 0.25) is 0 Å². The number of halogens is 2. The smallest absolute Gasteiger partial charge is 0.305 e. The third kappa shape index (κ3) is 2.95. The molecule has 0 aliphatic rings. The summed E-state index contributed by atoms with van der Waals surface area (Å²) >= 11 is 0. The van der Waals surface area contributed by atoms with Gasteiger partial charge in [0.05, 0.1) is 11.8 Å². The highest BCUT2D eigenvalue weighted by Gasteiger charge is 2.14. The van der Waals surface area contributed by atoms with Crippen molar-refractivity contribution in [3.8, 4) is 0 Å². The zero-order valence-corrected chi connectivity index (χ0v) is 9.44. The molecule has 0 radical (unpaired) electrons. The molecular formula is C12H8F2N2O3. The van der Waals surface area contributed by atoms with E-state index in [-0.39, 0.29) is 11.3 Å². The quantitative estimate of drug-likeness (QED) is 0.811. The van der Waals surface area contributed by atoms with Crippen LogP contribution in [-0.4, -0.2) is 11.8 Å². The molecule has 2 aromatic rings. The summed E-state index contributed by atoms with van der Waals surface area (Å²) in [6.07, 6.45) is 1.29. The molecule has 98 valence electrons. The third-order valence-electron chi connectivity index (χ3n) is 2.21. The van der Waals surface area contributed by atoms with Gasteiger partial charge in [-0.1, -0.05) is 0 Å². The molecule has 0 atom stereocenters. The number of amides is 2. The first-order chi connectivity index (χ1) is 9.08. The lowest BCUT2D eigenvalue weighted by Crippen LogP contribution is -2.41. The predicted molar refractivity (Wildman–Crippen MR) is 60.0 cm³/mol. The predicted octanol–water partition coefficient (Wildman–Crippen LogP) is 1.63. The molecule has 1 aromatic carbocycles. The number of hydrogen-bond acceptors (Lipinski definition) is 3. The van der Waals surface area contributed by atoms with E-state index >= 15 is 0 Å². The lowest BCUT2D eigenvalue weighted by atomic mass is 10.2. The number of carbonyl (C=O) groups excluding carboxylic acids is 2. The van der Waals surface area contributed by atoms with Gasteiger partial charge in [-0.3, -0.25) is 20.4 Å². The lowest BCUT2D eigenvalue weighted by Gasteiger charge is -2.06. The van der Waals surface area contributed by atoms with Crippen LogP contribution in [-0.2, 0) is 0 Å². The van der Waals surface area contributed by atoms with E-state index in [1.54, 1.807) is 0 Å². The van der Waals surface area contributed by atoms with Gasteiger partial charge in [0.25, 0.3) is 5.91 Å². The molecule has 0 saturated heterocycles. The zero-order valence-electron chi connectivity index (χ0n) is 9.44. The van der Waals surface area contributed by atoms with E-state index < -0.39 is 23.4 Å². The first-order valence-electron chi connectivity index (χ1n) is 5.17. The van der Waals surface area contributed by atoms with Crippen molar-refractivity contribution in [1.29, 1.82) is 0 Å². The van der Waals surface area contributed by atoms with Gasteiger partial charge in [0.1, 0.15) is 11.6 Å². The second-order valence-electron chi connectivity index (χ2n) is 3.51. The van der Waals surface area contributed by atoms with Gasteiger partial charge in [-0.2, -0.15) is 0 Å². The minimum absolute atomic E-state index is 0.0140. The molecule has 19 heavy (non-hydrogen) atoms. The van der Waals surface area contributed by atoms with Crippen LogP contribution < -0.4 is 10.9 Å². The van der Waals surface area contributed by atoms with Crippen LogP contribution in [0.3, 0.4) is 0 Å². The molecule has 2 N–H and O–H groups in total. The molecule has 2 rings (SSSR count). The molecule has 0 fully saturated rings. The summed E-state index contributed by atoms with van der Waals surface area (Å²) in [5.74, 6) is -3.43. The van der Waals surface area contributed by atoms with E-state index in [0.717, 1.165) is 12.1 Å². The average molecular weight is 266 g/mol. The van der Waals surface area contributed by atoms with E-state index in [4.69, 9.17) is 4.42 Å². The Bertz CT molecular complexity index is 611. The number of hydrazine groups is 1. The van der Waals surface area contributed by atoms with Crippen molar-refractivity contribution in [3.63, 3.8) is 0 Å². The number of furan rings is 1. The van der Waals surface area contributed by atoms with Crippen molar-refractivity contribution >= 4 is 11.8 Å². The van der Waals surface area contributed by atoms with Crippen LogP contribution in [0.25, 0.3) is 0 Å². The molecule has 7 heteroatoms. The molecule has 0 bridgehead atoms. The van der Waals surface area contributed by atoms with Gasteiger partial charge < -0.3 is 4.42 Å². The maximum absolute atomic E-state index is 13.3. The fourth-order valence-electron chi connectivity index (χ4n) is 1.32. The Morgan fingerprint density at radius 2 is 1.79 bits per heavy atom. The fraction of sp³-hybridized carbons (Fsp3) is 0. The molecule has 1 heterocycles. The highest BCUT2D eigenvalue weighted by Crippen LogP contribution is 2.09. The maximum atomic E-state index is 13.3. The normalized spacial score (nSPS) is 10.0. The molecule has 5 nitrogen and oxygen atoms in total. The molecule has 0 saturated carbocycles. The van der Waals surface area contributed by atoms with Crippen molar-refractivity contribution in [2.24, 2.45) is 0 Å². The van der Waals surface area contributed by atoms with Gasteiger partial charge in [0.15, 0.2) is 5.76 Å². The highest BCUT2D eigenvalue weighted by atomic mass is 19.1. The van der Waals surface area contributed by atoms with Gasteiger partial charge in [0, 0.05) is 6.07 Å². The molecular weight excluding hydrogens is 258 g/mol. The Morgan fingerprint density at radius 3 is 2.42 bits per heavy atom. The summed E-state index contributed by atoms with van der Waals surface area (Å²) in [6, 6.07) is 5.37. The number of nitrogens with one attached hydrogen (secondary N) is 2. The summed E-state index contributed by atoms with van der Waals surface area (Å²) in [4.78, 5) is 22.9. The Labute approximate surface area is 106 Å². The summed E-state index contributed by atoms with van der Waals surface area (Å²) in [7, 11) is 0. The number of rotatable bonds is 2. The van der Waals surface area contributed by atoms with Gasteiger partial charge in [-0.25, -0.2) is 8.78 Å². The van der Waals surface area contributed by atoms with Crippen LogP contribution in [0.15, 0.2) is 41.0 Å². The Balaban J connectivity index is 2.00. The summed E-state index contributed by atoms with van der Waals surface area (Å²) < 4.78 is 30.7. The Hall–Kier alpha value is -2.70. The van der Waals surface area contributed by atoms with E-state index in [1.165, 1.54) is 18.4 Å². The van der Waals surface area contributed by atoms with E-state index in [1.807, 2.05) is 10.9 Å². The van der Waals surface area contributed by atoms with Crippen LogP contribution in [0.5, 0.6) is 0 Å². The molecule has 0 aliphatic carbocycles. The second kappa shape index (κ2) is 5.30. The SMILES string of the molecule is O=C(NNC(=O)c1ccc(F)cc1F)c1ccco1. The summed E-state index contributed by atoms with van der Waals surface area (Å²) in [6.45, 7) is 0. The van der Waals surface area contributed by atoms with Gasteiger partial charge in [-0.05, 0) is 24.3 Å². The molecule has 0 spiro atoms. The molecule has 2 amide bonds. The standard InChI is InChI=1S/C12H8F2N2O3/c13-7-3-4-8(9(14)6-7)11(17)15-16-12(18)10-2-1-5-19-10/h1-6H,(H,15,17)(H,16,18). The number of hydrogen-bond donors (Lipinski definition) is 2. The van der Waals surface area contributed by atoms with Crippen molar-refractivity contribution in [2.75, 3.05) is 0 Å². The first-order valence-corrected chi connectivity index (χ1v) is 5.17. The van der Waals surface area contributed by atoms with Gasteiger partial charge >= 0.3 is 5.91 Å². The van der Waals surface area contributed by atoms with Crippen LogP contribution in [0, 0.1) is 11.6 Å². The molecule has 0 aliphatic heterocycles. The molecule has 0 unspecified atom stereocenters. The topological polar surface area (TPSA) is 71.3 Å². The van der Waals surface area contributed by atoms with Crippen LogP contribution in [0.1, 0.15) is 20.9 Å². The largest absolute Gasteiger partial charge is 0.459 e. The maximum Gasteiger partial charge on any atom is 0.305 e. The van der Waals surface area contributed by atoms with Crippen molar-refractivity contribution in [2.45, 2.75) is 0 Å². The minimum Gasteiger partial charge on any atom is -0.459 e. The monoisotopic (exact) mass is 266 g/mol. The Kier molecular flexibility index (Phi) is 3.56. The molecule has 1 aromatic heterocycles. The van der Waals surface area contributed by atoms with E-state index in [9.17, 15) is 18.4 Å². The highest BCUT2D eigenvalue weighted by molar-refractivity contribution is 5.98. The zero-order chi connectivity index (χ0) is 13.8. The van der Waals surface area contributed by atoms with Gasteiger partial charge in [-0.15, -0.1) is 0 Å².